The molecule has 3 saturated heterocycles. The van der Waals surface area contributed by atoms with Crippen LogP contribution in [0.25, 0.3) is 0 Å². The second-order valence-electron chi connectivity index (χ2n) is 9.45. The minimum Gasteiger partial charge on any atom is -0.465 e. The molecule has 27 heavy (non-hydrogen) atoms. The van der Waals surface area contributed by atoms with E-state index >= 15 is 0 Å². The lowest BCUT2D eigenvalue weighted by Crippen LogP contribution is -2.24. The first-order valence-corrected chi connectivity index (χ1v) is 14.3. The molecular formula is C22H34O2S3. The quantitative estimate of drug-likeness (QED) is 0.502. The van der Waals surface area contributed by atoms with Crippen LogP contribution in [0.4, 0.5) is 0 Å². The fourth-order valence-corrected chi connectivity index (χ4v) is 11.6. The van der Waals surface area contributed by atoms with Crippen LogP contribution in [0.1, 0.15) is 70.6 Å². The van der Waals surface area contributed by atoms with E-state index in [1.54, 1.807) is 0 Å². The lowest BCUT2D eigenvalue weighted by Gasteiger charge is -2.21. The van der Waals surface area contributed by atoms with Gasteiger partial charge in [-0.2, -0.15) is 35.3 Å². The van der Waals surface area contributed by atoms with Gasteiger partial charge in [-0.05, 0) is 81.8 Å². The summed E-state index contributed by atoms with van der Waals surface area (Å²) in [6.45, 7) is 0.663. The van der Waals surface area contributed by atoms with Crippen molar-refractivity contribution in [3.05, 3.63) is 0 Å². The number of rotatable bonds is 6. The van der Waals surface area contributed by atoms with E-state index in [0.717, 1.165) is 45.0 Å². The van der Waals surface area contributed by atoms with Gasteiger partial charge in [-0.25, -0.2) is 0 Å². The normalized spacial score (nSPS) is 46.4. The predicted molar refractivity (Wildman–Crippen MR) is 119 cm³/mol. The third-order valence-corrected chi connectivity index (χ3v) is 13.2. The average Bonchev–Trinajstić information content (AvgIpc) is 3.50. The van der Waals surface area contributed by atoms with E-state index in [-0.39, 0.29) is 11.9 Å². The summed E-state index contributed by atoms with van der Waals surface area (Å²) >= 11 is 6.80. The summed E-state index contributed by atoms with van der Waals surface area (Å²) in [5, 5.41) is 4.36. The van der Waals surface area contributed by atoms with E-state index < -0.39 is 0 Å². The van der Waals surface area contributed by atoms with Gasteiger partial charge in [-0.3, -0.25) is 4.79 Å². The maximum atomic E-state index is 12.4. The SMILES string of the molecule is O=C(OCCC1CCC(C2CCC(C3CCCS3)S2)S1)C1CC2CCC1C2. The molecule has 2 saturated carbocycles. The van der Waals surface area contributed by atoms with Gasteiger partial charge in [0, 0.05) is 26.2 Å². The molecule has 0 spiro atoms. The zero-order valence-corrected chi connectivity index (χ0v) is 18.8. The summed E-state index contributed by atoms with van der Waals surface area (Å²) in [5.74, 6) is 3.25. The van der Waals surface area contributed by atoms with Gasteiger partial charge in [-0.1, -0.05) is 6.42 Å². The van der Waals surface area contributed by atoms with Crippen molar-refractivity contribution in [3.8, 4) is 0 Å². The van der Waals surface area contributed by atoms with Crippen molar-refractivity contribution in [1.29, 1.82) is 0 Å². The Morgan fingerprint density at radius 2 is 1.67 bits per heavy atom. The number of fused-ring (bicyclic) bond motifs is 2. The Hall–Kier alpha value is 0.520. The Bertz CT molecular complexity index is 536. The lowest BCUT2D eigenvalue weighted by atomic mass is 9.89. The number of hydrogen-bond acceptors (Lipinski definition) is 5. The highest BCUT2D eigenvalue weighted by molar-refractivity contribution is 8.06. The summed E-state index contributed by atoms with van der Waals surface area (Å²) in [4.78, 5) is 12.4. The summed E-state index contributed by atoms with van der Waals surface area (Å²) in [6.07, 6.45) is 14.6. The molecular weight excluding hydrogens is 392 g/mol. The number of ether oxygens (including phenoxy) is 1. The molecule has 3 heterocycles. The maximum absolute atomic E-state index is 12.4. The van der Waals surface area contributed by atoms with Crippen molar-refractivity contribution in [2.45, 2.75) is 96.9 Å². The Morgan fingerprint density at radius 1 is 0.852 bits per heavy atom. The Kier molecular flexibility index (Phi) is 6.29. The summed E-state index contributed by atoms with van der Waals surface area (Å²) in [6, 6.07) is 0. The molecule has 5 heteroatoms. The Morgan fingerprint density at radius 3 is 2.41 bits per heavy atom. The van der Waals surface area contributed by atoms with Crippen LogP contribution in [-0.2, 0) is 9.53 Å². The van der Waals surface area contributed by atoms with Gasteiger partial charge in [0.25, 0.3) is 0 Å². The van der Waals surface area contributed by atoms with Crippen LogP contribution in [0.2, 0.25) is 0 Å². The Labute approximate surface area is 177 Å². The van der Waals surface area contributed by atoms with E-state index in [2.05, 4.69) is 35.3 Å². The molecule has 0 aromatic heterocycles. The average molecular weight is 427 g/mol. The van der Waals surface area contributed by atoms with Crippen molar-refractivity contribution in [3.63, 3.8) is 0 Å². The topological polar surface area (TPSA) is 26.3 Å². The van der Waals surface area contributed by atoms with E-state index in [1.807, 2.05) is 0 Å². The summed E-state index contributed by atoms with van der Waals surface area (Å²) < 4.78 is 5.73. The third kappa shape index (κ3) is 4.35. The molecule has 5 aliphatic rings. The molecule has 0 aromatic carbocycles. The lowest BCUT2D eigenvalue weighted by molar-refractivity contribution is -0.150. The summed E-state index contributed by atoms with van der Waals surface area (Å²) in [7, 11) is 0. The van der Waals surface area contributed by atoms with Gasteiger partial charge < -0.3 is 4.74 Å². The first-order chi connectivity index (χ1) is 13.3. The van der Waals surface area contributed by atoms with E-state index in [0.29, 0.717) is 12.5 Å². The number of carbonyl (C=O) groups excluding carboxylic acids is 1. The highest BCUT2D eigenvalue weighted by atomic mass is 32.2. The molecule has 5 fully saturated rings. The van der Waals surface area contributed by atoms with Crippen molar-refractivity contribution in [1.82, 2.24) is 0 Å². The van der Waals surface area contributed by atoms with Gasteiger partial charge >= 0.3 is 5.97 Å². The fraction of sp³-hybridized carbons (Fsp3) is 0.955. The monoisotopic (exact) mass is 426 g/mol. The van der Waals surface area contributed by atoms with Crippen LogP contribution in [0, 0.1) is 17.8 Å². The number of hydrogen-bond donors (Lipinski definition) is 0. The second kappa shape index (κ2) is 8.71. The molecule has 8 atom stereocenters. The summed E-state index contributed by atoms with van der Waals surface area (Å²) in [5.41, 5.74) is 0. The number of esters is 1. The molecule has 0 amide bonds. The van der Waals surface area contributed by atoms with E-state index in [1.165, 1.54) is 63.5 Å². The first kappa shape index (κ1) is 19.5. The number of thioether (sulfide) groups is 3. The highest BCUT2D eigenvalue weighted by Crippen LogP contribution is 2.51. The van der Waals surface area contributed by atoms with Crippen LogP contribution in [-0.4, -0.2) is 44.6 Å². The van der Waals surface area contributed by atoms with Crippen LogP contribution in [0.3, 0.4) is 0 Å². The molecule has 152 valence electrons. The Balaban J connectivity index is 1.01. The largest absolute Gasteiger partial charge is 0.465 e. The van der Waals surface area contributed by atoms with Crippen molar-refractivity contribution >= 4 is 41.3 Å². The highest BCUT2D eigenvalue weighted by Gasteiger charge is 2.44. The smallest absolute Gasteiger partial charge is 0.309 e. The van der Waals surface area contributed by atoms with Crippen LogP contribution < -0.4 is 0 Å². The van der Waals surface area contributed by atoms with Crippen LogP contribution >= 0.6 is 35.3 Å². The van der Waals surface area contributed by atoms with Crippen molar-refractivity contribution in [2.24, 2.45) is 17.8 Å². The van der Waals surface area contributed by atoms with Gasteiger partial charge in [0.15, 0.2) is 0 Å². The maximum Gasteiger partial charge on any atom is 0.309 e. The molecule has 0 aromatic rings. The van der Waals surface area contributed by atoms with Crippen molar-refractivity contribution < 1.29 is 9.53 Å². The molecule has 5 rings (SSSR count). The van der Waals surface area contributed by atoms with Crippen molar-refractivity contribution in [2.75, 3.05) is 12.4 Å². The molecule has 0 radical (unpaired) electrons. The van der Waals surface area contributed by atoms with Gasteiger partial charge in [-0.15, -0.1) is 0 Å². The van der Waals surface area contributed by atoms with E-state index in [4.69, 9.17) is 4.74 Å². The first-order valence-electron chi connectivity index (χ1n) is 11.4. The minimum atomic E-state index is 0.130. The van der Waals surface area contributed by atoms with Gasteiger partial charge in [0.1, 0.15) is 0 Å². The predicted octanol–water partition coefficient (Wildman–Crippen LogP) is 5.78. The molecule has 0 N–H and O–H groups in total. The third-order valence-electron chi connectivity index (χ3n) is 7.74. The molecule has 8 unspecified atom stereocenters. The van der Waals surface area contributed by atoms with Gasteiger partial charge in [0.2, 0.25) is 0 Å². The molecule has 2 bridgehead atoms. The van der Waals surface area contributed by atoms with Crippen LogP contribution in [0.5, 0.6) is 0 Å². The zero-order chi connectivity index (χ0) is 18.2. The fourth-order valence-electron chi connectivity index (χ4n) is 6.28. The standard InChI is InChI=1S/C22H34O2S3/c23-22(17-13-14-3-4-15(17)12-14)24-10-9-16-5-6-20(26-16)21-8-7-19(27-21)18-2-1-11-25-18/h14-21H,1-13H2. The molecule has 2 aliphatic carbocycles. The molecule has 3 aliphatic heterocycles. The van der Waals surface area contributed by atoms with Gasteiger partial charge in [0.05, 0.1) is 12.5 Å². The molecule has 2 nitrogen and oxygen atoms in total. The zero-order valence-electron chi connectivity index (χ0n) is 16.4. The minimum absolute atomic E-state index is 0.130. The van der Waals surface area contributed by atoms with E-state index in [9.17, 15) is 4.79 Å². The second-order valence-corrected chi connectivity index (χ2v) is 13.8. The van der Waals surface area contributed by atoms with Crippen LogP contribution in [0.15, 0.2) is 0 Å². The number of carbonyl (C=O) groups is 1.